The van der Waals surface area contributed by atoms with E-state index >= 15 is 0 Å². The molecule has 0 aliphatic carbocycles. The topological polar surface area (TPSA) is 74.8 Å². The minimum Gasteiger partial charge on any atom is -0.454 e. The van der Waals surface area contributed by atoms with Gasteiger partial charge in [0.15, 0.2) is 12.4 Å². The Labute approximate surface area is 152 Å². The summed E-state index contributed by atoms with van der Waals surface area (Å²) in [4.78, 5) is 12.5. The highest BCUT2D eigenvalue weighted by Crippen LogP contribution is 2.18. The number of carbonyl (C=O) groups is 1. The Balaban J connectivity index is 1.72. The van der Waals surface area contributed by atoms with Crippen molar-refractivity contribution in [2.75, 3.05) is 0 Å². The first kappa shape index (κ1) is 17.8. The van der Waals surface area contributed by atoms with Gasteiger partial charge >= 0.3 is 5.97 Å². The second-order valence-corrected chi connectivity index (χ2v) is 6.25. The molecule has 26 heavy (non-hydrogen) atoms. The molecule has 0 aliphatic heterocycles. The predicted molar refractivity (Wildman–Crippen MR) is 96.7 cm³/mol. The van der Waals surface area contributed by atoms with Crippen LogP contribution < -0.4 is 0 Å². The van der Waals surface area contributed by atoms with Crippen LogP contribution in [0, 0.1) is 13.8 Å². The van der Waals surface area contributed by atoms with E-state index in [0.29, 0.717) is 17.9 Å². The molecule has 1 aromatic carbocycles. The summed E-state index contributed by atoms with van der Waals surface area (Å²) in [6.45, 7) is 7.46. The normalized spacial score (nSPS) is 10.9. The molecule has 0 N–H and O–H groups in total. The lowest BCUT2D eigenvalue weighted by atomic mass is 10.2. The molecule has 136 valence electrons. The van der Waals surface area contributed by atoms with Gasteiger partial charge in [-0.25, -0.2) is 9.48 Å². The van der Waals surface area contributed by atoms with Gasteiger partial charge in [-0.05, 0) is 42.3 Å². The van der Waals surface area contributed by atoms with E-state index in [-0.39, 0.29) is 12.6 Å². The van der Waals surface area contributed by atoms with Crippen LogP contribution in [0.5, 0.6) is 0 Å². The molecule has 0 spiro atoms. The van der Waals surface area contributed by atoms with Crippen molar-refractivity contribution in [3.8, 4) is 0 Å². The fourth-order valence-corrected chi connectivity index (χ4v) is 2.94. The van der Waals surface area contributed by atoms with E-state index in [0.717, 1.165) is 24.4 Å². The lowest BCUT2D eigenvalue weighted by Crippen LogP contribution is -2.12. The highest BCUT2D eigenvalue weighted by Gasteiger charge is 2.18. The van der Waals surface area contributed by atoms with Gasteiger partial charge in [0.2, 0.25) is 0 Å². The largest absolute Gasteiger partial charge is 0.454 e. The van der Waals surface area contributed by atoms with Gasteiger partial charge in [-0.2, -0.15) is 0 Å². The number of hydrogen-bond donors (Lipinski definition) is 0. The number of aryl methyl sites for hydroxylation is 2. The fraction of sp³-hybridized carbons (Fsp3) is 0.368. The SMILES string of the molecule is CCCn1nnnc1COC(=O)c1cc(C)n(Cc2ccccc2)c1C. The minimum absolute atomic E-state index is 0.0637. The zero-order chi connectivity index (χ0) is 18.5. The average Bonchev–Trinajstić information content (AvgIpc) is 3.20. The predicted octanol–water partition coefficient (Wildman–Crippen LogP) is 2.91. The molecule has 0 unspecified atom stereocenters. The minimum atomic E-state index is -0.358. The molecule has 0 aliphatic rings. The molecule has 3 rings (SSSR count). The van der Waals surface area contributed by atoms with Crippen molar-refractivity contribution in [2.45, 2.75) is 46.9 Å². The number of rotatable bonds is 7. The van der Waals surface area contributed by atoms with Crippen LogP contribution in [0.15, 0.2) is 36.4 Å². The van der Waals surface area contributed by atoms with Gasteiger partial charge in [-0.3, -0.25) is 0 Å². The molecule has 2 aromatic heterocycles. The maximum atomic E-state index is 12.5. The fourth-order valence-electron chi connectivity index (χ4n) is 2.94. The zero-order valence-electron chi connectivity index (χ0n) is 15.3. The van der Waals surface area contributed by atoms with Crippen LogP contribution in [0.1, 0.15) is 46.5 Å². The maximum Gasteiger partial charge on any atom is 0.340 e. The quantitative estimate of drug-likeness (QED) is 0.611. The number of aromatic nitrogens is 5. The van der Waals surface area contributed by atoms with E-state index in [1.807, 2.05) is 45.0 Å². The maximum absolute atomic E-state index is 12.5. The third-order valence-corrected chi connectivity index (χ3v) is 4.35. The van der Waals surface area contributed by atoms with E-state index in [9.17, 15) is 4.79 Å². The number of hydrogen-bond acceptors (Lipinski definition) is 5. The van der Waals surface area contributed by atoms with Crippen molar-refractivity contribution in [2.24, 2.45) is 0 Å². The standard InChI is InChI=1S/C19H23N5O2/c1-4-10-24-18(20-21-22-24)13-26-19(25)17-11-14(2)23(15(17)3)12-16-8-6-5-7-9-16/h5-9,11H,4,10,12-13H2,1-3H3. The van der Waals surface area contributed by atoms with E-state index in [1.165, 1.54) is 5.56 Å². The summed E-state index contributed by atoms with van der Waals surface area (Å²) in [5.41, 5.74) is 3.68. The van der Waals surface area contributed by atoms with Crippen molar-refractivity contribution >= 4 is 5.97 Å². The summed E-state index contributed by atoms with van der Waals surface area (Å²) in [7, 11) is 0. The molecular weight excluding hydrogens is 330 g/mol. The van der Waals surface area contributed by atoms with Gasteiger partial charge in [0.05, 0.1) is 5.56 Å². The van der Waals surface area contributed by atoms with Crippen LogP contribution in [0.25, 0.3) is 0 Å². The highest BCUT2D eigenvalue weighted by molar-refractivity contribution is 5.91. The molecule has 0 fully saturated rings. The monoisotopic (exact) mass is 353 g/mol. The lowest BCUT2D eigenvalue weighted by Gasteiger charge is -2.10. The molecule has 3 aromatic rings. The van der Waals surface area contributed by atoms with Crippen LogP contribution in [-0.2, 0) is 24.4 Å². The molecule has 0 atom stereocenters. The van der Waals surface area contributed by atoms with Gasteiger partial charge in [-0.15, -0.1) is 5.10 Å². The van der Waals surface area contributed by atoms with Crippen LogP contribution in [-0.4, -0.2) is 30.7 Å². The van der Waals surface area contributed by atoms with Crippen molar-refractivity contribution in [3.05, 3.63) is 64.7 Å². The highest BCUT2D eigenvalue weighted by atomic mass is 16.5. The second-order valence-electron chi connectivity index (χ2n) is 6.25. The average molecular weight is 353 g/mol. The van der Waals surface area contributed by atoms with Crippen LogP contribution in [0.4, 0.5) is 0 Å². The van der Waals surface area contributed by atoms with Crippen LogP contribution in [0.3, 0.4) is 0 Å². The summed E-state index contributed by atoms with van der Waals surface area (Å²) in [5.74, 6) is 0.196. The molecular formula is C19H23N5O2. The van der Waals surface area contributed by atoms with Gasteiger partial charge < -0.3 is 9.30 Å². The first-order valence-electron chi connectivity index (χ1n) is 8.73. The summed E-state index contributed by atoms with van der Waals surface area (Å²) < 4.78 is 9.22. The number of benzene rings is 1. The van der Waals surface area contributed by atoms with Crippen LogP contribution >= 0.6 is 0 Å². The Kier molecular flexibility index (Phi) is 5.46. The summed E-state index contributed by atoms with van der Waals surface area (Å²) >= 11 is 0. The summed E-state index contributed by atoms with van der Waals surface area (Å²) in [5, 5.41) is 11.5. The van der Waals surface area contributed by atoms with Gasteiger partial charge in [-0.1, -0.05) is 37.3 Å². The Morgan fingerprint density at radius 3 is 2.69 bits per heavy atom. The first-order chi connectivity index (χ1) is 12.6. The Morgan fingerprint density at radius 1 is 1.19 bits per heavy atom. The molecule has 0 bridgehead atoms. The lowest BCUT2D eigenvalue weighted by molar-refractivity contribution is 0.0455. The molecule has 0 saturated carbocycles. The van der Waals surface area contributed by atoms with Crippen molar-refractivity contribution in [1.82, 2.24) is 24.8 Å². The molecule has 0 saturated heterocycles. The summed E-state index contributed by atoms with van der Waals surface area (Å²) in [6, 6.07) is 12.0. The first-order valence-corrected chi connectivity index (χ1v) is 8.73. The Bertz CT molecular complexity index is 883. The van der Waals surface area contributed by atoms with E-state index < -0.39 is 0 Å². The number of tetrazole rings is 1. The molecule has 0 amide bonds. The van der Waals surface area contributed by atoms with Crippen LogP contribution in [0.2, 0.25) is 0 Å². The van der Waals surface area contributed by atoms with E-state index in [2.05, 4.69) is 32.2 Å². The number of esters is 1. The zero-order valence-corrected chi connectivity index (χ0v) is 15.3. The second kappa shape index (κ2) is 7.95. The summed E-state index contributed by atoms with van der Waals surface area (Å²) in [6.07, 6.45) is 0.909. The third-order valence-electron chi connectivity index (χ3n) is 4.35. The van der Waals surface area contributed by atoms with Crippen molar-refractivity contribution < 1.29 is 9.53 Å². The van der Waals surface area contributed by atoms with Crippen molar-refractivity contribution in [3.63, 3.8) is 0 Å². The van der Waals surface area contributed by atoms with Gasteiger partial charge in [0, 0.05) is 24.5 Å². The van der Waals surface area contributed by atoms with Crippen molar-refractivity contribution in [1.29, 1.82) is 0 Å². The van der Waals surface area contributed by atoms with Gasteiger partial charge in [0.25, 0.3) is 0 Å². The number of nitrogens with zero attached hydrogens (tertiary/aromatic N) is 5. The molecule has 7 heteroatoms. The Hall–Kier alpha value is -2.96. The molecule has 0 radical (unpaired) electrons. The third kappa shape index (κ3) is 3.82. The Morgan fingerprint density at radius 2 is 1.96 bits per heavy atom. The smallest absolute Gasteiger partial charge is 0.340 e. The molecule has 7 nitrogen and oxygen atoms in total. The number of carbonyl (C=O) groups excluding carboxylic acids is 1. The number of ether oxygens (including phenoxy) is 1. The van der Waals surface area contributed by atoms with E-state index in [4.69, 9.17) is 4.74 Å². The molecule has 2 heterocycles. The van der Waals surface area contributed by atoms with E-state index in [1.54, 1.807) is 4.68 Å². The van der Waals surface area contributed by atoms with Gasteiger partial charge in [0.1, 0.15) is 0 Å².